The molecule has 3 aromatic carbocycles. The minimum absolute atomic E-state index is 0.0145. The van der Waals surface area contributed by atoms with E-state index >= 15 is 0 Å². The van der Waals surface area contributed by atoms with Crippen molar-refractivity contribution in [1.29, 1.82) is 0 Å². The number of amides is 4. The van der Waals surface area contributed by atoms with Crippen LogP contribution in [0, 0.1) is 5.82 Å². The third-order valence-corrected chi connectivity index (χ3v) is 9.92. The van der Waals surface area contributed by atoms with Crippen molar-refractivity contribution in [3.63, 3.8) is 0 Å². The molecule has 0 spiro atoms. The first-order chi connectivity index (χ1) is 26.1. The normalized spacial score (nSPS) is 14.3. The molecule has 0 saturated carbocycles. The zero-order chi connectivity index (χ0) is 40.0. The van der Waals surface area contributed by atoms with Gasteiger partial charge in [-0.3, -0.25) is 19.3 Å². The van der Waals surface area contributed by atoms with Crippen LogP contribution in [0.4, 0.5) is 29.3 Å². The van der Waals surface area contributed by atoms with E-state index < -0.39 is 69.7 Å². The van der Waals surface area contributed by atoms with E-state index in [4.69, 9.17) is 14.5 Å². The van der Waals surface area contributed by atoms with Crippen molar-refractivity contribution in [2.45, 2.75) is 31.9 Å². The number of alkyl halides is 2. The van der Waals surface area contributed by atoms with Crippen molar-refractivity contribution in [3.8, 4) is 11.5 Å². The van der Waals surface area contributed by atoms with Crippen LogP contribution < -0.4 is 35.6 Å². The zero-order valence-corrected chi connectivity index (χ0v) is 31.2. The van der Waals surface area contributed by atoms with Crippen LogP contribution >= 0.6 is 0 Å². The lowest BCUT2D eigenvalue weighted by atomic mass is 10.1. The molecule has 15 nitrogen and oxygen atoms in total. The number of sulfone groups is 1. The molecule has 2 atom stereocenters. The summed E-state index contributed by atoms with van der Waals surface area (Å²) in [6.07, 6.45) is -2.92. The number of halogens is 3. The number of carbonyl (C=O) groups excluding carboxylic acids is 3. The Labute approximate surface area is 314 Å². The molecule has 1 saturated heterocycles. The van der Waals surface area contributed by atoms with Crippen LogP contribution in [0.2, 0.25) is 0 Å². The van der Waals surface area contributed by atoms with Gasteiger partial charge in [-0.1, -0.05) is 12.1 Å². The van der Waals surface area contributed by atoms with Gasteiger partial charge in [0.05, 0.1) is 55.7 Å². The van der Waals surface area contributed by atoms with Crippen LogP contribution in [0.3, 0.4) is 0 Å². The molecule has 2 N–H and O–H groups in total. The number of anilines is 2. The Morgan fingerprint density at radius 3 is 2.25 bits per heavy atom. The standard InChI is InChI=1S/C36H40F3N7O8S/c1-22(45(29-14-13-25(53-2)21-30(29)54-3)36(50)40-24-11-9-23(37)10-12-24)32-41-27-8-6-5-7-26(27)34(48)46(32)44-18-16-43(17-19-44)35(49)28(15-20-55(4,51)52)42-33(47)31(38)39/h5-14,21-22,28,31H,15-20H2,1-4H3,(H,40,50)(H,42,47)/t22?,28-/m0/s1. The van der Waals surface area contributed by atoms with E-state index in [2.05, 4.69) is 5.32 Å². The average molecular weight is 788 g/mol. The number of carbonyl (C=O) groups is 3. The molecule has 1 unspecified atom stereocenters. The number of fused-ring (bicyclic) bond motifs is 1. The van der Waals surface area contributed by atoms with Crippen molar-refractivity contribution < 1.29 is 45.4 Å². The predicted octanol–water partition coefficient (Wildman–Crippen LogP) is 3.32. The molecular formula is C36H40F3N7O8S. The molecule has 0 bridgehead atoms. The van der Waals surface area contributed by atoms with Gasteiger partial charge in [0, 0.05) is 31.1 Å². The van der Waals surface area contributed by atoms with Gasteiger partial charge in [0.15, 0.2) is 5.82 Å². The number of aromatic nitrogens is 2. The van der Waals surface area contributed by atoms with Gasteiger partial charge in [-0.15, -0.1) is 0 Å². The van der Waals surface area contributed by atoms with Crippen LogP contribution in [-0.4, -0.2) is 106 Å². The Balaban J connectivity index is 1.53. The third kappa shape index (κ3) is 9.45. The maximum absolute atomic E-state index is 14.3. The average Bonchev–Trinajstić information content (AvgIpc) is 3.16. The van der Waals surface area contributed by atoms with Crippen molar-refractivity contribution in [3.05, 3.63) is 88.7 Å². The largest absolute Gasteiger partial charge is 0.497 e. The molecule has 1 aliphatic heterocycles. The van der Waals surface area contributed by atoms with Gasteiger partial charge in [-0.05, 0) is 61.9 Å². The first-order valence-electron chi connectivity index (χ1n) is 17.0. The van der Waals surface area contributed by atoms with Gasteiger partial charge in [-0.2, -0.15) is 8.78 Å². The van der Waals surface area contributed by atoms with Crippen LogP contribution in [0.15, 0.2) is 71.5 Å². The fraction of sp³-hybridized carbons (Fsp3) is 0.361. The summed E-state index contributed by atoms with van der Waals surface area (Å²) in [6.45, 7) is 1.58. The molecule has 0 radical (unpaired) electrons. The molecule has 19 heteroatoms. The molecule has 1 fully saturated rings. The number of piperazine rings is 1. The number of rotatable bonds is 13. The van der Waals surface area contributed by atoms with E-state index in [0.717, 1.165) is 6.26 Å². The highest BCUT2D eigenvalue weighted by Gasteiger charge is 2.35. The maximum Gasteiger partial charge on any atom is 0.327 e. The number of urea groups is 1. The number of nitrogens with zero attached hydrogens (tertiary/aromatic N) is 5. The monoisotopic (exact) mass is 787 g/mol. The Hall–Kier alpha value is -5.85. The second kappa shape index (κ2) is 17.1. The minimum Gasteiger partial charge on any atom is -0.497 e. The van der Waals surface area contributed by atoms with E-state index in [0.29, 0.717) is 11.3 Å². The van der Waals surface area contributed by atoms with E-state index in [1.807, 2.05) is 5.32 Å². The summed E-state index contributed by atoms with van der Waals surface area (Å²) < 4.78 is 76.0. The zero-order valence-electron chi connectivity index (χ0n) is 30.4. The van der Waals surface area contributed by atoms with Crippen molar-refractivity contribution in [2.75, 3.05) is 67.6 Å². The molecule has 2 heterocycles. The number of ether oxygens (including phenoxy) is 2. The molecule has 1 aliphatic rings. The number of para-hydroxylation sites is 1. The third-order valence-electron chi connectivity index (χ3n) is 8.94. The summed E-state index contributed by atoms with van der Waals surface area (Å²) in [5, 5.41) is 6.61. The lowest BCUT2D eigenvalue weighted by Gasteiger charge is -2.40. The number of benzene rings is 3. The van der Waals surface area contributed by atoms with E-state index in [-0.39, 0.29) is 54.5 Å². The lowest BCUT2D eigenvalue weighted by Crippen LogP contribution is -2.60. The molecule has 1 aromatic heterocycles. The predicted molar refractivity (Wildman–Crippen MR) is 199 cm³/mol. The van der Waals surface area contributed by atoms with E-state index in [9.17, 15) is 40.8 Å². The molecule has 294 valence electrons. The van der Waals surface area contributed by atoms with Gasteiger partial charge >= 0.3 is 12.5 Å². The van der Waals surface area contributed by atoms with Crippen LogP contribution in [0.1, 0.15) is 25.2 Å². The second-order valence-electron chi connectivity index (χ2n) is 12.7. The number of nitrogens with one attached hydrogen (secondary N) is 2. The molecule has 55 heavy (non-hydrogen) atoms. The van der Waals surface area contributed by atoms with Crippen molar-refractivity contribution in [2.24, 2.45) is 0 Å². The first kappa shape index (κ1) is 40.3. The lowest BCUT2D eigenvalue weighted by molar-refractivity contribution is -0.140. The smallest absolute Gasteiger partial charge is 0.327 e. The second-order valence-corrected chi connectivity index (χ2v) is 14.9. The summed E-state index contributed by atoms with van der Waals surface area (Å²) in [6, 6.07) is 13.3. The van der Waals surface area contributed by atoms with Crippen LogP contribution in [-0.2, 0) is 19.4 Å². The summed E-state index contributed by atoms with van der Waals surface area (Å²) >= 11 is 0. The summed E-state index contributed by atoms with van der Waals surface area (Å²) in [5.41, 5.74) is 0.401. The van der Waals surface area contributed by atoms with E-state index in [1.54, 1.807) is 54.4 Å². The fourth-order valence-electron chi connectivity index (χ4n) is 6.16. The van der Waals surface area contributed by atoms with Crippen molar-refractivity contribution in [1.82, 2.24) is 19.9 Å². The Kier molecular flexibility index (Phi) is 12.5. The fourth-order valence-corrected chi connectivity index (χ4v) is 6.82. The Morgan fingerprint density at radius 2 is 1.64 bits per heavy atom. The summed E-state index contributed by atoms with van der Waals surface area (Å²) in [5.74, 6) is -2.71. The highest BCUT2D eigenvalue weighted by atomic mass is 32.2. The molecule has 4 amide bonds. The highest BCUT2D eigenvalue weighted by molar-refractivity contribution is 7.90. The highest BCUT2D eigenvalue weighted by Crippen LogP contribution is 2.37. The summed E-state index contributed by atoms with van der Waals surface area (Å²) in [7, 11) is -0.725. The number of hydrogen-bond acceptors (Lipinski definition) is 10. The minimum atomic E-state index is -3.61. The molecule has 4 aromatic rings. The van der Waals surface area contributed by atoms with Gasteiger partial charge in [0.1, 0.15) is 33.2 Å². The number of methoxy groups -OCH3 is 2. The number of hydrogen-bond donors (Lipinski definition) is 2. The van der Waals surface area contributed by atoms with Gasteiger partial charge in [-0.25, -0.2) is 27.3 Å². The van der Waals surface area contributed by atoms with E-state index in [1.165, 1.54) is 53.0 Å². The Morgan fingerprint density at radius 1 is 0.964 bits per heavy atom. The molecule has 0 aliphatic carbocycles. The van der Waals surface area contributed by atoms with Gasteiger partial charge in [0.25, 0.3) is 11.5 Å². The SMILES string of the molecule is COc1ccc(N(C(=O)Nc2ccc(F)cc2)C(C)c2nc3ccccc3c(=O)n2N2CCN(C(=O)[C@H](CCS(C)(=O)=O)NC(=O)C(F)F)CC2)c(OC)c1. The Bertz CT molecular complexity index is 2220. The van der Waals surface area contributed by atoms with Crippen molar-refractivity contribution >= 4 is 50.0 Å². The van der Waals surface area contributed by atoms with Crippen LogP contribution in [0.25, 0.3) is 10.9 Å². The maximum atomic E-state index is 14.3. The quantitative estimate of drug-likeness (QED) is 0.205. The van der Waals surface area contributed by atoms with Gasteiger partial charge in [0.2, 0.25) is 5.91 Å². The summed E-state index contributed by atoms with van der Waals surface area (Å²) in [4.78, 5) is 61.4. The van der Waals surface area contributed by atoms with Gasteiger partial charge < -0.3 is 30.0 Å². The molecule has 5 rings (SSSR count). The topological polar surface area (TPSA) is 172 Å². The molecular weight excluding hydrogens is 747 g/mol. The van der Waals surface area contributed by atoms with Crippen LogP contribution in [0.5, 0.6) is 11.5 Å². The first-order valence-corrected chi connectivity index (χ1v) is 19.1.